The Morgan fingerprint density at radius 2 is 1.42 bits per heavy atom. The van der Waals surface area contributed by atoms with E-state index in [4.69, 9.17) is 17.3 Å². The number of esters is 1. The van der Waals surface area contributed by atoms with Gasteiger partial charge in [0.25, 0.3) is 0 Å². The van der Waals surface area contributed by atoms with Gasteiger partial charge in [0.1, 0.15) is 5.52 Å². The first-order valence-electron chi connectivity index (χ1n) is 11.8. The molecule has 0 saturated heterocycles. The number of halogens is 1. The molecule has 2 N–H and O–H groups in total. The van der Waals surface area contributed by atoms with Crippen molar-refractivity contribution in [2.75, 3.05) is 12.8 Å². The minimum Gasteiger partial charge on any atom is -0.469 e. The number of nitrogens with two attached hydrogens (primary N) is 1. The van der Waals surface area contributed by atoms with Gasteiger partial charge in [-0.3, -0.25) is 4.79 Å². The summed E-state index contributed by atoms with van der Waals surface area (Å²) in [5.74, 6) is 0.0769. The van der Waals surface area contributed by atoms with Crippen LogP contribution in [0.3, 0.4) is 0 Å². The number of unbranched alkanes of at least 4 members (excludes halogenated alkanes) is 13. The van der Waals surface area contributed by atoms with Gasteiger partial charge in [0.15, 0.2) is 10.8 Å². The van der Waals surface area contributed by atoms with Crippen LogP contribution in [-0.4, -0.2) is 32.6 Å². The fourth-order valence-corrected chi connectivity index (χ4v) is 4.18. The number of rotatable bonds is 17. The number of nitrogens with zero attached hydrogens (tertiary/aromatic N) is 4. The number of nitrogen functional groups attached to an aromatic ring is 1. The van der Waals surface area contributed by atoms with E-state index in [0.717, 1.165) is 31.3 Å². The van der Waals surface area contributed by atoms with E-state index in [0.29, 0.717) is 17.2 Å². The van der Waals surface area contributed by atoms with Gasteiger partial charge in [-0.15, -0.1) is 0 Å². The number of fused-ring (bicyclic) bond motifs is 1. The summed E-state index contributed by atoms with van der Waals surface area (Å²) in [6, 6.07) is 0. The maximum Gasteiger partial charge on any atom is 0.305 e. The van der Waals surface area contributed by atoms with Gasteiger partial charge in [0.2, 0.25) is 5.95 Å². The zero-order valence-corrected chi connectivity index (χ0v) is 19.7. The molecular formula is C23H38ClN5O2. The molecule has 2 aromatic heterocycles. The van der Waals surface area contributed by atoms with Crippen LogP contribution in [0.1, 0.15) is 96.3 Å². The molecular weight excluding hydrogens is 414 g/mol. The van der Waals surface area contributed by atoms with Gasteiger partial charge in [-0.1, -0.05) is 88.7 Å². The van der Waals surface area contributed by atoms with Gasteiger partial charge in [0.05, 0.1) is 13.4 Å². The Hall–Kier alpha value is -1.89. The molecule has 0 saturated carbocycles. The summed E-state index contributed by atoms with van der Waals surface area (Å²) in [4.78, 5) is 23.4. The number of imidazole rings is 1. The lowest BCUT2D eigenvalue weighted by Crippen LogP contribution is -2.00. The predicted molar refractivity (Wildman–Crippen MR) is 126 cm³/mol. The van der Waals surface area contributed by atoms with Gasteiger partial charge < -0.3 is 15.0 Å². The van der Waals surface area contributed by atoms with Crippen LogP contribution >= 0.6 is 11.6 Å². The molecule has 0 aliphatic heterocycles. The van der Waals surface area contributed by atoms with E-state index in [1.165, 1.54) is 77.7 Å². The highest BCUT2D eigenvalue weighted by Crippen LogP contribution is 2.21. The number of methoxy groups -OCH3 is 1. The van der Waals surface area contributed by atoms with Crippen molar-refractivity contribution in [3.63, 3.8) is 0 Å². The quantitative estimate of drug-likeness (QED) is 0.177. The third-order valence-electron chi connectivity index (χ3n) is 5.70. The Balaban J connectivity index is 1.38. The first-order valence-corrected chi connectivity index (χ1v) is 12.2. The average Bonchev–Trinajstić information content (AvgIpc) is 3.16. The van der Waals surface area contributed by atoms with E-state index >= 15 is 0 Å². The van der Waals surface area contributed by atoms with Crippen LogP contribution in [0.4, 0.5) is 5.95 Å². The molecule has 0 radical (unpaired) electrons. The summed E-state index contributed by atoms with van der Waals surface area (Å²) in [6.45, 7) is 0.881. The highest BCUT2D eigenvalue weighted by atomic mass is 35.5. The van der Waals surface area contributed by atoms with Crippen LogP contribution in [0.2, 0.25) is 5.15 Å². The largest absolute Gasteiger partial charge is 0.469 e. The second-order valence-corrected chi connectivity index (χ2v) is 8.62. The van der Waals surface area contributed by atoms with E-state index < -0.39 is 0 Å². The molecule has 8 heteroatoms. The van der Waals surface area contributed by atoms with Crippen molar-refractivity contribution in [1.82, 2.24) is 19.5 Å². The molecule has 0 aromatic carbocycles. The van der Waals surface area contributed by atoms with Crippen molar-refractivity contribution in [2.24, 2.45) is 0 Å². The third kappa shape index (κ3) is 9.85. The van der Waals surface area contributed by atoms with E-state index in [1.807, 2.05) is 4.57 Å². The van der Waals surface area contributed by atoms with Crippen molar-refractivity contribution in [3.05, 3.63) is 11.5 Å². The third-order valence-corrected chi connectivity index (χ3v) is 5.97. The zero-order valence-electron chi connectivity index (χ0n) is 19.0. The summed E-state index contributed by atoms with van der Waals surface area (Å²) < 4.78 is 6.68. The molecule has 0 bridgehead atoms. The van der Waals surface area contributed by atoms with Crippen LogP contribution in [0.15, 0.2) is 6.33 Å². The monoisotopic (exact) mass is 451 g/mol. The number of ether oxygens (including phenoxy) is 1. The molecule has 2 rings (SSSR count). The second kappa shape index (κ2) is 15.0. The average molecular weight is 452 g/mol. The van der Waals surface area contributed by atoms with Gasteiger partial charge in [-0.2, -0.15) is 9.97 Å². The maximum absolute atomic E-state index is 11.0. The lowest BCUT2D eigenvalue weighted by Gasteiger charge is -2.06. The lowest BCUT2D eigenvalue weighted by molar-refractivity contribution is -0.140. The Bertz CT molecular complexity index is 781. The minimum atomic E-state index is -0.0854. The fourth-order valence-electron chi connectivity index (χ4n) is 3.90. The van der Waals surface area contributed by atoms with Crippen molar-refractivity contribution in [1.29, 1.82) is 0 Å². The standard InChI is InChI=1S/C23H38ClN5O2/c1-31-19(30)16-14-12-10-8-6-4-2-3-5-7-9-11-13-15-17-29-18-26-22-20(29)21(24)27-23(25)28-22/h18H,2-17H2,1H3,(H2,25,27,28). The highest BCUT2D eigenvalue weighted by molar-refractivity contribution is 6.33. The maximum atomic E-state index is 11.0. The molecule has 2 heterocycles. The van der Waals surface area contributed by atoms with Crippen molar-refractivity contribution >= 4 is 34.7 Å². The Labute approximate surface area is 191 Å². The molecule has 7 nitrogen and oxygen atoms in total. The first kappa shape index (κ1) is 25.4. The summed E-state index contributed by atoms with van der Waals surface area (Å²) in [7, 11) is 1.46. The topological polar surface area (TPSA) is 95.9 Å². The van der Waals surface area contributed by atoms with E-state index in [2.05, 4.69) is 19.7 Å². The van der Waals surface area contributed by atoms with Gasteiger partial charge in [0, 0.05) is 13.0 Å². The molecule has 31 heavy (non-hydrogen) atoms. The van der Waals surface area contributed by atoms with Gasteiger partial charge in [-0.25, -0.2) is 4.98 Å². The van der Waals surface area contributed by atoms with E-state index in [9.17, 15) is 4.79 Å². The summed E-state index contributed by atoms with van der Waals surface area (Å²) in [5.41, 5.74) is 6.95. The number of hydrogen-bond acceptors (Lipinski definition) is 6. The summed E-state index contributed by atoms with van der Waals surface area (Å²) >= 11 is 6.19. The van der Waals surface area contributed by atoms with Crippen LogP contribution in [0, 0.1) is 0 Å². The zero-order chi connectivity index (χ0) is 22.3. The number of aryl methyl sites for hydroxylation is 1. The Morgan fingerprint density at radius 3 is 1.97 bits per heavy atom. The molecule has 0 amide bonds. The predicted octanol–water partition coefficient (Wildman–Crippen LogP) is 6.09. The molecule has 0 aliphatic carbocycles. The molecule has 0 fully saturated rings. The number of anilines is 1. The fraction of sp³-hybridized carbons (Fsp3) is 0.739. The number of carbonyl (C=O) groups is 1. The van der Waals surface area contributed by atoms with Crippen molar-refractivity contribution in [2.45, 2.75) is 103 Å². The Morgan fingerprint density at radius 1 is 0.903 bits per heavy atom. The van der Waals surface area contributed by atoms with Crippen molar-refractivity contribution in [3.8, 4) is 0 Å². The molecule has 174 valence electrons. The molecule has 2 aromatic rings. The summed E-state index contributed by atoms with van der Waals surface area (Å²) in [6.07, 6.45) is 19.9. The van der Waals surface area contributed by atoms with Gasteiger partial charge >= 0.3 is 5.97 Å². The van der Waals surface area contributed by atoms with Crippen LogP contribution in [-0.2, 0) is 16.1 Å². The van der Waals surface area contributed by atoms with E-state index in [-0.39, 0.29) is 11.9 Å². The molecule has 0 atom stereocenters. The van der Waals surface area contributed by atoms with Gasteiger partial charge in [-0.05, 0) is 12.8 Å². The number of aromatic nitrogens is 4. The SMILES string of the molecule is COC(=O)CCCCCCCCCCCCCCCCn1cnc2nc(N)nc(Cl)c21. The van der Waals surface area contributed by atoms with Crippen molar-refractivity contribution < 1.29 is 9.53 Å². The second-order valence-electron chi connectivity index (χ2n) is 8.26. The molecule has 0 unspecified atom stereocenters. The normalized spacial score (nSPS) is 11.3. The minimum absolute atomic E-state index is 0.0854. The summed E-state index contributed by atoms with van der Waals surface area (Å²) in [5, 5.41) is 0.374. The lowest BCUT2D eigenvalue weighted by atomic mass is 10.0. The first-order chi connectivity index (χ1) is 15.1. The van der Waals surface area contributed by atoms with Crippen LogP contribution in [0.25, 0.3) is 11.2 Å². The molecule has 0 aliphatic rings. The van der Waals surface area contributed by atoms with Crippen LogP contribution < -0.4 is 5.73 Å². The smallest absolute Gasteiger partial charge is 0.305 e. The van der Waals surface area contributed by atoms with Crippen LogP contribution in [0.5, 0.6) is 0 Å². The number of hydrogen-bond donors (Lipinski definition) is 1. The Kier molecular flexibility index (Phi) is 12.3. The van der Waals surface area contributed by atoms with E-state index in [1.54, 1.807) is 6.33 Å². The number of carbonyl (C=O) groups excluding carboxylic acids is 1. The highest BCUT2D eigenvalue weighted by Gasteiger charge is 2.10. The molecule has 0 spiro atoms.